The summed E-state index contributed by atoms with van der Waals surface area (Å²) in [7, 11) is 0. The van der Waals surface area contributed by atoms with E-state index in [2.05, 4.69) is 39.5 Å². The number of aromatic hydroxyl groups is 1. The Bertz CT molecular complexity index is 794. The molecule has 1 aliphatic heterocycles. The fourth-order valence-electron chi connectivity index (χ4n) is 3.59. The second-order valence-corrected chi connectivity index (χ2v) is 7.32. The molecule has 2 heterocycles. The van der Waals surface area contributed by atoms with E-state index in [1.165, 1.54) is 11.1 Å². The molecule has 0 unspecified atom stereocenters. The van der Waals surface area contributed by atoms with Gasteiger partial charge in [0, 0.05) is 31.9 Å². The van der Waals surface area contributed by atoms with E-state index in [-0.39, 0.29) is 17.6 Å². The van der Waals surface area contributed by atoms with Crippen molar-refractivity contribution in [3.05, 3.63) is 58.9 Å². The standard InChI is InChI=1S/C21H28N4O2/c1-15-7-8-20(26)19(24-15)12-23-11-16-4-2-5-17(10-16)13-25-9-3-6-18(14-25)21(22)27/h2,4-5,7-8,10,18,23,26H,3,6,9,11-14H2,1H3,(H2,22,27)/t18-/m0/s1. The first-order valence-electron chi connectivity index (χ1n) is 9.47. The van der Waals surface area contributed by atoms with Gasteiger partial charge >= 0.3 is 0 Å². The third kappa shape index (κ3) is 5.52. The number of benzene rings is 1. The number of piperidine rings is 1. The molecule has 1 aliphatic rings. The second kappa shape index (κ2) is 8.97. The number of nitrogens with one attached hydrogen (secondary N) is 1. The van der Waals surface area contributed by atoms with Gasteiger partial charge in [-0.05, 0) is 49.6 Å². The van der Waals surface area contributed by atoms with Gasteiger partial charge in [0.25, 0.3) is 0 Å². The van der Waals surface area contributed by atoms with Crippen molar-refractivity contribution in [3.8, 4) is 5.75 Å². The lowest BCUT2D eigenvalue weighted by Gasteiger charge is -2.31. The number of aromatic nitrogens is 1. The van der Waals surface area contributed by atoms with Crippen LogP contribution in [-0.4, -0.2) is 34.0 Å². The number of rotatable bonds is 7. The molecule has 0 saturated carbocycles. The number of carbonyl (C=O) groups is 1. The number of nitrogens with two attached hydrogens (primary N) is 1. The van der Waals surface area contributed by atoms with Crippen molar-refractivity contribution >= 4 is 5.91 Å². The van der Waals surface area contributed by atoms with E-state index in [1.807, 2.05) is 6.92 Å². The van der Waals surface area contributed by atoms with Crippen LogP contribution >= 0.6 is 0 Å². The normalized spacial score (nSPS) is 17.7. The first-order chi connectivity index (χ1) is 13.0. The van der Waals surface area contributed by atoms with Crippen LogP contribution < -0.4 is 11.1 Å². The molecular weight excluding hydrogens is 340 g/mol. The zero-order valence-electron chi connectivity index (χ0n) is 15.8. The summed E-state index contributed by atoms with van der Waals surface area (Å²) in [5, 5.41) is 13.2. The van der Waals surface area contributed by atoms with Gasteiger partial charge in [-0.25, -0.2) is 0 Å². The lowest BCUT2D eigenvalue weighted by atomic mass is 9.97. The Kier molecular flexibility index (Phi) is 6.42. The minimum atomic E-state index is -0.189. The van der Waals surface area contributed by atoms with E-state index in [0.29, 0.717) is 18.8 Å². The fourth-order valence-corrected chi connectivity index (χ4v) is 3.59. The summed E-state index contributed by atoms with van der Waals surface area (Å²) < 4.78 is 0. The maximum Gasteiger partial charge on any atom is 0.221 e. The van der Waals surface area contributed by atoms with E-state index < -0.39 is 0 Å². The minimum absolute atomic E-state index is 0.0295. The van der Waals surface area contributed by atoms with Crippen LogP contribution in [0.4, 0.5) is 0 Å². The molecule has 0 radical (unpaired) electrons. The Morgan fingerprint density at radius 3 is 2.93 bits per heavy atom. The van der Waals surface area contributed by atoms with Crippen molar-refractivity contribution in [2.75, 3.05) is 13.1 Å². The van der Waals surface area contributed by atoms with Crippen LogP contribution in [0.25, 0.3) is 0 Å². The predicted molar refractivity (Wildman–Crippen MR) is 105 cm³/mol. The topological polar surface area (TPSA) is 91.5 Å². The zero-order valence-corrected chi connectivity index (χ0v) is 15.8. The van der Waals surface area contributed by atoms with Gasteiger partial charge in [0.1, 0.15) is 5.75 Å². The van der Waals surface area contributed by atoms with Crippen molar-refractivity contribution in [2.45, 2.75) is 39.4 Å². The van der Waals surface area contributed by atoms with Crippen molar-refractivity contribution in [2.24, 2.45) is 11.7 Å². The number of hydrogen-bond donors (Lipinski definition) is 3. The number of nitrogens with zero attached hydrogens (tertiary/aromatic N) is 2. The summed E-state index contributed by atoms with van der Waals surface area (Å²) in [6.07, 6.45) is 1.91. The van der Waals surface area contributed by atoms with Crippen LogP contribution in [-0.2, 0) is 24.4 Å². The summed E-state index contributed by atoms with van der Waals surface area (Å²) in [6, 6.07) is 11.9. The third-order valence-electron chi connectivity index (χ3n) is 5.02. The number of carbonyl (C=O) groups excluding carboxylic acids is 1. The molecule has 1 atom stereocenters. The highest BCUT2D eigenvalue weighted by Crippen LogP contribution is 2.19. The fraction of sp³-hybridized carbons (Fsp3) is 0.429. The van der Waals surface area contributed by atoms with Crippen LogP contribution in [0, 0.1) is 12.8 Å². The first-order valence-corrected chi connectivity index (χ1v) is 9.47. The lowest BCUT2D eigenvalue weighted by molar-refractivity contribution is -0.123. The molecule has 0 bridgehead atoms. The van der Waals surface area contributed by atoms with Gasteiger partial charge in [0.05, 0.1) is 11.6 Å². The predicted octanol–water partition coefficient (Wildman–Crippen LogP) is 2.08. The molecule has 144 valence electrons. The number of hydrogen-bond acceptors (Lipinski definition) is 5. The van der Waals surface area contributed by atoms with Gasteiger partial charge in [-0.1, -0.05) is 24.3 Å². The molecule has 2 aromatic rings. The summed E-state index contributed by atoms with van der Waals surface area (Å²) in [4.78, 5) is 18.1. The van der Waals surface area contributed by atoms with Crippen LogP contribution in [0.2, 0.25) is 0 Å². The van der Waals surface area contributed by atoms with E-state index in [1.54, 1.807) is 12.1 Å². The molecule has 6 nitrogen and oxygen atoms in total. The van der Waals surface area contributed by atoms with E-state index in [4.69, 9.17) is 5.73 Å². The number of likely N-dealkylation sites (tertiary alicyclic amines) is 1. The van der Waals surface area contributed by atoms with Crippen LogP contribution in [0.15, 0.2) is 36.4 Å². The summed E-state index contributed by atoms with van der Waals surface area (Å²) in [5.41, 5.74) is 9.44. The van der Waals surface area contributed by atoms with E-state index in [9.17, 15) is 9.90 Å². The molecule has 1 aromatic heterocycles. The molecule has 0 spiro atoms. The third-order valence-corrected chi connectivity index (χ3v) is 5.02. The number of aryl methyl sites for hydroxylation is 1. The zero-order chi connectivity index (χ0) is 19.2. The Hall–Kier alpha value is -2.44. The van der Waals surface area contributed by atoms with E-state index >= 15 is 0 Å². The molecule has 1 fully saturated rings. The monoisotopic (exact) mass is 368 g/mol. The Morgan fingerprint density at radius 1 is 1.30 bits per heavy atom. The average Bonchev–Trinajstić information content (AvgIpc) is 2.65. The van der Waals surface area contributed by atoms with Crippen molar-refractivity contribution in [1.29, 1.82) is 0 Å². The van der Waals surface area contributed by atoms with E-state index in [0.717, 1.165) is 38.2 Å². The number of primary amides is 1. The highest BCUT2D eigenvalue weighted by atomic mass is 16.3. The number of amides is 1. The quantitative estimate of drug-likeness (QED) is 0.696. The van der Waals surface area contributed by atoms with Gasteiger partial charge in [0.15, 0.2) is 0 Å². The molecule has 1 amide bonds. The highest BCUT2D eigenvalue weighted by Gasteiger charge is 2.23. The van der Waals surface area contributed by atoms with Crippen LogP contribution in [0.3, 0.4) is 0 Å². The van der Waals surface area contributed by atoms with Gasteiger partial charge in [-0.2, -0.15) is 0 Å². The smallest absolute Gasteiger partial charge is 0.221 e. The summed E-state index contributed by atoms with van der Waals surface area (Å²) >= 11 is 0. The molecule has 4 N–H and O–H groups in total. The highest BCUT2D eigenvalue weighted by molar-refractivity contribution is 5.76. The Labute approximate surface area is 160 Å². The average molecular weight is 368 g/mol. The Balaban J connectivity index is 1.54. The maximum atomic E-state index is 11.5. The summed E-state index contributed by atoms with van der Waals surface area (Å²) in [6.45, 7) is 5.71. The maximum absolute atomic E-state index is 11.5. The minimum Gasteiger partial charge on any atom is -0.506 e. The molecule has 1 aromatic carbocycles. The van der Waals surface area contributed by atoms with Crippen LogP contribution in [0.5, 0.6) is 5.75 Å². The number of pyridine rings is 1. The molecule has 1 saturated heterocycles. The van der Waals surface area contributed by atoms with Crippen molar-refractivity contribution in [3.63, 3.8) is 0 Å². The van der Waals surface area contributed by atoms with Gasteiger partial charge in [-0.15, -0.1) is 0 Å². The summed E-state index contributed by atoms with van der Waals surface area (Å²) in [5.74, 6) is -0.000258. The Morgan fingerprint density at radius 2 is 2.11 bits per heavy atom. The van der Waals surface area contributed by atoms with Gasteiger partial charge < -0.3 is 16.2 Å². The second-order valence-electron chi connectivity index (χ2n) is 7.32. The van der Waals surface area contributed by atoms with Crippen molar-refractivity contribution < 1.29 is 9.90 Å². The van der Waals surface area contributed by atoms with Crippen molar-refractivity contribution in [1.82, 2.24) is 15.2 Å². The molecular formula is C21H28N4O2. The molecule has 6 heteroatoms. The molecule has 27 heavy (non-hydrogen) atoms. The van der Waals surface area contributed by atoms with Gasteiger partial charge in [0.2, 0.25) is 5.91 Å². The van der Waals surface area contributed by atoms with Crippen LogP contribution in [0.1, 0.15) is 35.4 Å². The van der Waals surface area contributed by atoms with Gasteiger partial charge in [-0.3, -0.25) is 14.7 Å². The SMILES string of the molecule is Cc1ccc(O)c(CNCc2cccc(CN3CCC[C@H](C(N)=O)C3)c2)n1. The lowest BCUT2D eigenvalue weighted by Crippen LogP contribution is -2.40. The molecule has 0 aliphatic carbocycles. The largest absolute Gasteiger partial charge is 0.506 e. The first kappa shape index (κ1) is 19.3. The molecule has 3 rings (SSSR count).